The minimum Gasteiger partial charge on any atom is -0.312 e. The number of nitro benzene ring substituents is 1. The molecule has 1 aliphatic carbocycles. The van der Waals surface area contributed by atoms with Gasteiger partial charge in [-0.1, -0.05) is 35.7 Å². The fourth-order valence-electron chi connectivity index (χ4n) is 2.79. The first-order valence-corrected chi connectivity index (χ1v) is 7.50. The van der Waals surface area contributed by atoms with Crippen LogP contribution in [0.5, 0.6) is 0 Å². The van der Waals surface area contributed by atoms with Gasteiger partial charge in [-0.25, -0.2) is 0 Å². The maximum Gasteiger partial charge on any atom is 0.273 e. The highest BCUT2D eigenvalue weighted by molar-refractivity contribution is 9.10. The van der Waals surface area contributed by atoms with Crippen molar-refractivity contribution < 1.29 is 4.92 Å². The van der Waals surface area contributed by atoms with Gasteiger partial charge in [0.05, 0.1) is 4.92 Å². The molecule has 5 heteroatoms. The second-order valence-corrected chi connectivity index (χ2v) is 6.24. The first kappa shape index (κ1) is 14.5. The van der Waals surface area contributed by atoms with Gasteiger partial charge in [-0.2, -0.15) is 0 Å². The Morgan fingerprint density at radius 2 is 2.26 bits per heavy atom. The van der Waals surface area contributed by atoms with Crippen LogP contribution in [-0.2, 0) is 6.54 Å². The molecule has 0 aromatic heterocycles. The molecule has 1 N–H and O–H groups in total. The summed E-state index contributed by atoms with van der Waals surface area (Å²) in [4.78, 5) is 10.6. The molecular formula is C14H19BrN2O2. The Hall–Kier alpha value is -0.940. The largest absolute Gasteiger partial charge is 0.312 e. The molecular weight excluding hydrogens is 308 g/mol. The number of hydrogen-bond acceptors (Lipinski definition) is 3. The average molecular weight is 327 g/mol. The van der Waals surface area contributed by atoms with E-state index in [4.69, 9.17) is 0 Å². The van der Waals surface area contributed by atoms with E-state index in [1.54, 1.807) is 12.1 Å². The third-order valence-electron chi connectivity index (χ3n) is 4.00. The Morgan fingerprint density at radius 1 is 1.47 bits per heavy atom. The van der Waals surface area contributed by atoms with Crippen LogP contribution in [-0.4, -0.2) is 11.5 Å². The highest BCUT2D eigenvalue weighted by atomic mass is 79.9. The molecule has 104 valence electrons. The third kappa shape index (κ3) is 3.76. The molecule has 1 saturated carbocycles. The zero-order chi connectivity index (χ0) is 13.8. The lowest BCUT2D eigenvalue weighted by Gasteiger charge is -2.16. The van der Waals surface area contributed by atoms with Gasteiger partial charge in [0.2, 0.25) is 0 Å². The molecule has 4 nitrogen and oxygen atoms in total. The molecule has 1 aromatic carbocycles. The van der Waals surface area contributed by atoms with E-state index < -0.39 is 0 Å². The fourth-order valence-corrected chi connectivity index (χ4v) is 3.20. The molecule has 0 radical (unpaired) electrons. The smallest absolute Gasteiger partial charge is 0.273 e. The number of rotatable bonds is 5. The molecule has 1 aliphatic rings. The summed E-state index contributed by atoms with van der Waals surface area (Å²) in [5.74, 6) is 1.48. The lowest BCUT2D eigenvalue weighted by molar-refractivity contribution is -0.385. The van der Waals surface area contributed by atoms with E-state index in [2.05, 4.69) is 28.2 Å². The van der Waals surface area contributed by atoms with Crippen LogP contribution in [0, 0.1) is 22.0 Å². The Bertz CT molecular complexity index is 465. The summed E-state index contributed by atoms with van der Waals surface area (Å²) in [5.41, 5.74) is 0.931. The van der Waals surface area contributed by atoms with Gasteiger partial charge in [-0.05, 0) is 36.9 Å². The van der Waals surface area contributed by atoms with E-state index in [1.807, 2.05) is 6.07 Å². The van der Waals surface area contributed by atoms with Crippen LogP contribution in [0.25, 0.3) is 0 Å². The highest BCUT2D eigenvalue weighted by Gasteiger charge is 2.23. The van der Waals surface area contributed by atoms with Crippen LogP contribution in [0.2, 0.25) is 0 Å². The van der Waals surface area contributed by atoms with E-state index in [-0.39, 0.29) is 10.6 Å². The molecule has 0 aliphatic heterocycles. The molecule has 1 fully saturated rings. The van der Waals surface area contributed by atoms with Crippen molar-refractivity contribution >= 4 is 21.6 Å². The van der Waals surface area contributed by atoms with Crippen LogP contribution in [0.15, 0.2) is 22.7 Å². The zero-order valence-electron chi connectivity index (χ0n) is 11.1. The van der Waals surface area contributed by atoms with Gasteiger partial charge in [0.25, 0.3) is 5.69 Å². The van der Waals surface area contributed by atoms with Crippen LogP contribution < -0.4 is 5.32 Å². The fraction of sp³-hybridized carbons (Fsp3) is 0.571. The Balaban J connectivity index is 1.95. The third-order valence-corrected chi connectivity index (χ3v) is 4.49. The van der Waals surface area contributed by atoms with Gasteiger partial charge in [0, 0.05) is 22.6 Å². The highest BCUT2D eigenvalue weighted by Crippen LogP contribution is 2.30. The van der Waals surface area contributed by atoms with Gasteiger partial charge in [0.1, 0.15) is 0 Å². The normalized spacial score (nSPS) is 22.6. The number of benzene rings is 1. The maximum atomic E-state index is 11.0. The molecule has 2 atom stereocenters. The SMILES string of the molecule is CC1CCCC1CNCc1cc(Br)ccc1[N+](=O)[O-]. The number of halogens is 1. The first-order valence-electron chi connectivity index (χ1n) is 6.71. The number of hydrogen-bond donors (Lipinski definition) is 1. The Morgan fingerprint density at radius 3 is 2.89 bits per heavy atom. The summed E-state index contributed by atoms with van der Waals surface area (Å²) in [5, 5.41) is 14.3. The molecule has 0 saturated heterocycles. The van der Waals surface area contributed by atoms with E-state index in [1.165, 1.54) is 19.3 Å². The van der Waals surface area contributed by atoms with Crippen molar-refractivity contribution in [3.63, 3.8) is 0 Å². The summed E-state index contributed by atoms with van der Waals surface area (Å²) in [7, 11) is 0. The van der Waals surface area contributed by atoms with Crippen LogP contribution >= 0.6 is 15.9 Å². The van der Waals surface area contributed by atoms with E-state index in [9.17, 15) is 10.1 Å². The van der Waals surface area contributed by atoms with E-state index >= 15 is 0 Å². The predicted molar refractivity (Wildman–Crippen MR) is 79.0 cm³/mol. The number of nitrogens with zero attached hydrogens (tertiary/aromatic N) is 1. The summed E-state index contributed by atoms with van der Waals surface area (Å²) >= 11 is 3.36. The van der Waals surface area contributed by atoms with E-state index in [0.717, 1.165) is 22.5 Å². The standard InChI is InChI=1S/C14H19BrN2O2/c1-10-3-2-4-11(10)8-16-9-12-7-13(15)5-6-14(12)17(18)19/h5-7,10-11,16H,2-4,8-9H2,1H3. The second kappa shape index (κ2) is 6.48. The van der Waals surface area contributed by atoms with Crippen molar-refractivity contribution in [1.29, 1.82) is 0 Å². The second-order valence-electron chi connectivity index (χ2n) is 5.33. The molecule has 1 aromatic rings. The van der Waals surface area contributed by atoms with Gasteiger partial charge in [-0.3, -0.25) is 10.1 Å². The minimum absolute atomic E-state index is 0.190. The van der Waals surface area contributed by atoms with Gasteiger partial charge < -0.3 is 5.32 Å². The van der Waals surface area contributed by atoms with Gasteiger partial charge >= 0.3 is 0 Å². The summed E-state index contributed by atoms with van der Waals surface area (Å²) in [6.07, 6.45) is 3.89. The van der Waals surface area contributed by atoms with Crippen LogP contribution in [0.3, 0.4) is 0 Å². The molecule has 0 bridgehead atoms. The summed E-state index contributed by atoms with van der Waals surface area (Å²) in [6.45, 7) is 3.80. The first-order chi connectivity index (χ1) is 9.08. The van der Waals surface area contributed by atoms with E-state index in [0.29, 0.717) is 12.5 Å². The number of nitrogens with one attached hydrogen (secondary N) is 1. The monoisotopic (exact) mass is 326 g/mol. The molecule has 0 heterocycles. The molecule has 0 amide bonds. The summed E-state index contributed by atoms with van der Waals surface area (Å²) in [6, 6.07) is 5.09. The maximum absolute atomic E-state index is 11.0. The lowest BCUT2D eigenvalue weighted by atomic mass is 9.98. The van der Waals surface area contributed by atoms with Crippen LogP contribution in [0.1, 0.15) is 31.7 Å². The van der Waals surface area contributed by atoms with Crippen molar-refractivity contribution in [1.82, 2.24) is 5.32 Å². The van der Waals surface area contributed by atoms with Gasteiger partial charge in [-0.15, -0.1) is 0 Å². The number of nitro groups is 1. The van der Waals surface area contributed by atoms with Crippen molar-refractivity contribution in [2.24, 2.45) is 11.8 Å². The molecule has 2 unspecified atom stereocenters. The van der Waals surface area contributed by atoms with Gasteiger partial charge in [0.15, 0.2) is 0 Å². The van der Waals surface area contributed by atoms with Crippen molar-refractivity contribution in [2.45, 2.75) is 32.7 Å². The summed E-state index contributed by atoms with van der Waals surface area (Å²) < 4.78 is 0.879. The Kier molecular flexibility index (Phi) is 4.93. The quantitative estimate of drug-likeness (QED) is 0.659. The van der Waals surface area contributed by atoms with Crippen molar-refractivity contribution in [3.8, 4) is 0 Å². The topological polar surface area (TPSA) is 55.2 Å². The minimum atomic E-state index is -0.318. The Labute approximate surface area is 121 Å². The zero-order valence-corrected chi connectivity index (χ0v) is 12.6. The molecule has 19 heavy (non-hydrogen) atoms. The predicted octanol–water partition coefficient (Wildman–Crippen LogP) is 3.88. The van der Waals surface area contributed by atoms with Crippen molar-refractivity contribution in [2.75, 3.05) is 6.54 Å². The molecule has 0 spiro atoms. The van der Waals surface area contributed by atoms with Crippen LogP contribution in [0.4, 0.5) is 5.69 Å². The lowest BCUT2D eigenvalue weighted by Crippen LogP contribution is -2.24. The average Bonchev–Trinajstić information content (AvgIpc) is 2.75. The van der Waals surface area contributed by atoms with Crippen molar-refractivity contribution in [3.05, 3.63) is 38.3 Å². The molecule has 2 rings (SSSR count).